The molecule has 1 aromatic heterocycles. The van der Waals surface area contributed by atoms with Gasteiger partial charge in [-0.2, -0.15) is 9.98 Å². The highest BCUT2D eigenvalue weighted by Crippen LogP contribution is 2.02. The van der Waals surface area contributed by atoms with E-state index in [2.05, 4.69) is 20.0 Å². The van der Waals surface area contributed by atoms with Gasteiger partial charge in [0.05, 0.1) is 28.1 Å². The molecule has 0 saturated heterocycles. The summed E-state index contributed by atoms with van der Waals surface area (Å²) in [5.41, 5.74) is 1.67. The Kier molecular flexibility index (Phi) is 0.999. The minimum absolute atomic E-state index is 0.442. The summed E-state index contributed by atoms with van der Waals surface area (Å²) in [6.07, 6.45) is 1.60. The molecule has 0 radical (unpaired) electrons. The second-order valence-corrected chi connectivity index (χ2v) is 2.77. The summed E-state index contributed by atoms with van der Waals surface area (Å²) in [5.74, 6) is 0. The van der Waals surface area contributed by atoms with Gasteiger partial charge in [-0.15, -0.1) is 0 Å². The Morgan fingerprint density at radius 2 is 1.92 bits per heavy atom. The van der Waals surface area contributed by atoms with E-state index in [-0.39, 0.29) is 0 Å². The molecule has 5 nitrogen and oxygen atoms in total. The van der Waals surface area contributed by atoms with Crippen LogP contribution in [0.25, 0.3) is 11.0 Å². The standard InChI is InChI=1S/C8H4N4O/c13-8-11-6-1-4-5(10-3-9-4)2-7(6)12-8/h1-3H,(H,9,10). The van der Waals surface area contributed by atoms with Gasteiger partial charge in [0.1, 0.15) is 0 Å². The van der Waals surface area contributed by atoms with Crippen LogP contribution in [0.4, 0.5) is 4.79 Å². The Morgan fingerprint density at radius 1 is 1.15 bits per heavy atom. The normalized spacial score (nSPS) is 14.0. The topological polar surface area (TPSA) is 70.5 Å². The molecule has 0 bridgehead atoms. The molecule has 3 rings (SSSR count). The zero-order valence-electron chi connectivity index (χ0n) is 6.48. The number of nitrogens with one attached hydrogen (secondary N) is 1. The van der Waals surface area contributed by atoms with Crippen molar-refractivity contribution in [3.8, 4) is 0 Å². The predicted octanol–water partition coefficient (Wildman–Crippen LogP) is -0.0643. The lowest BCUT2D eigenvalue weighted by Gasteiger charge is -1.83. The summed E-state index contributed by atoms with van der Waals surface area (Å²) >= 11 is 0. The van der Waals surface area contributed by atoms with Gasteiger partial charge in [-0.1, -0.05) is 0 Å². The van der Waals surface area contributed by atoms with Crippen molar-refractivity contribution in [2.24, 2.45) is 9.98 Å². The lowest BCUT2D eigenvalue weighted by molar-refractivity contribution is 0.256. The molecular formula is C8H4N4O. The fourth-order valence-electron chi connectivity index (χ4n) is 1.37. The van der Waals surface area contributed by atoms with Crippen molar-refractivity contribution >= 4 is 17.1 Å². The molecule has 2 heterocycles. The number of aromatic amines is 1. The minimum atomic E-state index is -0.442. The molecule has 0 spiro atoms. The minimum Gasteiger partial charge on any atom is -0.345 e. The van der Waals surface area contributed by atoms with Gasteiger partial charge < -0.3 is 4.98 Å². The van der Waals surface area contributed by atoms with Crippen molar-refractivity contribution in [3.05, 3.63) is 29.2 Å². The molecule has 5 heteroatoms. The summed E-state index contributed by atoms with van der Waals surface area (Å²) < 4.78 is 0. The van der Waals surface area contributed by atoms with E-state index >= 15 is 0 Å². The van der Waals surface area contributed by atoms with Crippen molar-refractivity contribution in [1.29, 1.82) is 0 Å². The number of nitrogens with zero attached hydrogens (tertiary/aromatic N) is 3. The van der Waals surface area contributed by atoms with Crippen molar-refractivity contribution in [2.75, 3.05) is 0 Å². The van der Waals surface area contributed by atoms with Crippen molar-refractivity contribution in [1.82, 2.24) is 9.97 Å². The van der Waals surface area contributed by atoms with E-state index in [9.17, 15) is 4.79 Å². The van der Waals surface area contributed by atoms with Gasteiger partial charge in [0.2, 0.25) is 0 Å². The molecule has 0 unspecified atom stereocenters. The van der Waals surface area contributed by atoms with Crippen LogP contribution < -0.4 is 10.7 Å². The molecule has 2 aromatic rings. The van der Waals surface area contributed by atoms with Crippen molar-refractivity contribution in [2.45, 2.75) is 0 Å². The molecule has 0 atom stereocenters. The largest absolute Gasteiger partial charge is 0.368 e. The zero-order chi connectivity index (χ0) is 8.84. The molecule has 0 aliphatic carbocycles. The van der Waals surface area contributed by atoms with E-state index in [4.69, 9.17) is 0 Å². The predicted molar refractivity (Wildman–Crippen MR) is 43.8 cm³/mol. The molecule has 1 N–H and O–H groups in total. The smallest absolute Gasteiger partial charge is 0.345 e. The summed E-state index contributed by atoms with van der Waals surface area (Å²) in [4.78, 5) is 25.3. The number of imidazole rings is 1. The van der Waals surface area contributed by atoms with Crippen LogP contribution in [0.1, 0.15) is 0 Å². The highest BCUT2D eigenvalue weighted by atomic mass is 16.2. The third-order valence-corrected chi connectivity index (χ3v) is 1.95. The van der Waals surface area contributed by atoms with E-state index in [0.29, 0.717) is 10.7 Å². The van der Waals surface area contributed by atoms with Gasteiger partial charge in [-0.05, 0) is 12.1 Å². The number of amides is 2. The van der Waals surface area contributed by atoms with Crippen LogP contribution >= 0.6 is 0 Å². The number of carbonyl (C=O) groups is 1. The van der Waals surface area contributed by atoms with Crippen LogP contribution in [0.5, 0.6) is 0 Å². The number of carbonyl (C=O) groups excluding carboxylic acids is 1. The zero-order valence-corrected chi connectivity index (χ0v) is 6.48. The van der Waals surface area contributed by atoms with E-state index in [1.54, 1.807) is 18.5 Å². The molecule has 13 heavy (non-hydrogen) atoms. The Morgan fingerprint density at radius 3 is 2.77 bits per heavy atom. The van der Waals surface area contributed by atoms with Gasteiger partial charge in [0.25, 0.3) is 0 Å². The fraction of sp³-hybridized carbons (Fsp3) is 0. The number of benzene rings is 1. The Bertz CT molecular complexity index is 573. The molecule has 0 fully saturated rings. The van der Waals surface area contributed by atoms with Crippen LogP contribution in [0.3, 0.4) is 0 Å². The van der Waals surface area contributed by atoms with Crippen LogP contribution in [-0.2, 0) is 0 Å². The van der Waals surface area contributed by atoms with Gasteiger partial charge in [0, 0.05) is 0 Å². The fourth-order valence-corrected chi connectivity index (χ4v) is 1.37. The second kappa shape index (κ2) is 2.01. The Labute approximate surface area is 71.9 Å². The van der Waals surface area contributed by atoms with Crippen LogP contribution in [-0.4, -0.2) is 16.0 Å². The third-order valence-electron chi connectivity index (χ3n) is 1.95. The highest BCUT2D eigenvalue weighted by Gasteiger charge is 2.06. The Balaban J connectivity index is 2.60. The van der Waals surface area contributed by atoms with Gasteiger partial charge >= 0.3 is 6.03 Å². The van der Waals surface area contributed by atoms with E-state index in [1.165, 1.54) is 0 Å². The molecule has 1 aliphatic heterocycles. The summed E-state index contributed by atoms with van der Waals surface area (Å²) in [5, 5.41) is 1.21. The molecule has 2 amide bonds. The average molecular weight is 172 g/mol. The van der Waals surface area contributed by atoms with E-state index < -0.39 is 6.03 Å². The SMILES string of the molecule is O=C1N=c2cc3nc[nH]c3cc2=N1. The average Bonchev–Trinajstić information content (AvgIpc) is 2.63. The first-order chi connectivity index (χ1) is 6.33. The number of rotatable bonds is 0. The van der Waals surface area contributed by atoms with E-state index in [1.807, 2.05) is 0 Å². The van der Waals surface area contributed by atoms with Crippen LogP contribution in [0.2, 0.25) is 0 Å². The molecule has 62 valence electrons. The lowest BCUT2D eigenvalue weighted by atomic mass is 10.3. The van der Waals surface area contributed by atoms with Gasteiger partial charge in [-0.3, -0.25) is 0 Å². The number of H-pyrrole nitrogens is 1. The first-order valence-electron chi connectivity index (χ1n) is 3.77. The van der Waals surface area contributed by atoms with Crippen molar-refractivity contribution in [3.63, 3.8) is 0 Å². The lowest BCUT2D eigenvalue weighted by Crippen LogP contribution is -2.20. The highest BCUT2D eigenvalue weighted by molar-refractivity contribution is 5.80. The molecule has 1 aliphatic rings. The number of aromatic nitrogens is 2. The Hall–Kier alpha value is -2.04. The summed E-state index contributed by atoms with van der Waals surface area (Å²) in [6, 6.07) is 3.07. The number of urea groups is 1. The molecular weight excluding hydrogens is 168 g/mol. The monoisotopic (exact) mass is 172 g/mol. The van der Waals surface area contributed by atoms with Gasteiger partial charge in [0.15, 0.2) is 0 Å². The maximum absolute atomic E-state index is 10.8. The van der Waals surface area contributed by atoms with Crippen LogP contribution in [0, 0.1) is 0 Å². The van der Waals surface area contributed by atoms with Gasteiger partial charge in [-0.25, -0.2) is 9.78 Å². The molecule has 0 saturated carbocycles. The third kappa shape index (κ3) is 0.807. The number of fused-ring (bicyclic) bond motifs is 2. The maximum atomic E-state index is 10.8. The number of hydrogen-bond donors (Lipinski definition) is 1. The van der Waals surface area contributed by atoms with Crippen LogP contribution in [0.15, 0.2) is 28.4 Å². The quantitative estimate of drug-likeness (QED) is 0.604. The van der Waals surface area contributed by atoms with E-state index in [0.717, 1.165) is 11.0 Å². The molecule has 1 aromatic carbocycles. The number of hydrogen-bond acceptors (Lipinski definition) is 2. The van der Waals surface area contributed by atoms with Crippen molar-refractivity contribution < 1.29 is 4.79 Å². The first-order valence-corrected chi connectivity index (χ1v) is 3.77. The summed E-state index contributed by atoms with van der Waals surface area (Å²) in [6.45, 7) is 0. The summed E-state index contributed by atoms with van der Waals surface area (Å²) in [7, 11) is 0. The maximum Gasteiger partial charge on any atom is 0.368 e. The second-order valence-electron chi connectivity index (χ2n) is 2.77. The first kappa shape index (κ1) is 6.47.